The highest BCUT2D eigenvalue weighted by atomic mass is 16.6. The summed E-state index contributed by atoms with van der Waals surface area (Å²) in [6.45, 7) is 1.73. The molecule has 1 aliphatic rings. The van der Waals surface area contributed by atoms with Crippen LogP contribution in [-0.2, 0) is 9.63 Å². The molecule has 0 saturated heterocycles. The molecule has 1 atom stereocenters. The number of carbonyl (C=O) groups is 3. The van der Waals surface area contributed by atoms with Gasteiger partial charge in [-0.1, -0.05) is 19.1 Å². The summed E-state index contributed by atoms with van der Waals surface area (Å²) in [6.07, 6.45) is 0.320. The molecule has 1 aromatic rings. The SMILES string of the molecule is CC[C@@H](C(=O)NOC)N1C(=O)c2ccccc2C1=O. The van der Waals surface area contributed by atoms with Crippen LogP contribution in [0.5, 0.6) is 0 Å². The number of amides is 3. The topological polar surface area (TPSA) is 75.7 Å². The number of fused-ring (bicyclic) bond motifs is 1. The Morgan fingerprint density at radius 3 is 2.21 bits per heavy atom. The Balaban J connectivity index is 2.35. The average Bonchev–Trinajstić information content (AvgIpc) is 2.66. The first-order valence-corrected chi connectivity index (χ1v) is 5.91. The van der Waals surface area contributed by atoms with Crippen LogP contribution in [0, 0.1) is 0 Å². The van der Waals surface area contributed by atoms with Gasteiger partial charge in [0.1, 0.15) is 6.04 Å². The maximum atomic E-state index is 12.2. The van der Waals surface area contributed by atoms with Gasteiger partial charge in [0, 0.05) is 0 Å². The molecular formula is C13H14N2O4. The van der Waals surface area contributed by atoms with Gasteiger partial charge in [0.15, 0.2) is 0 Å². The minimum Gasteiger partial charge on any atom is -0.277 e. The zero-order valence-electron chi connectivity index (χ0n) is 10.7. The van der Waals surface area contributed by atoms with E-state index in [-0.39, 0.29) is 0 Å². The molecule has 1 heterocycles. The summed E-state index contributed by atoms with van der Waals surface area (Å²) in [5, 5.41) is 0. The zero-order chi connectivity index (χ0) is 14.0. The van der Waals surface area contributed by atoms with E-state index in [9.17, 15) is 14.4 Å². The van der Waals surface area contributed by atoms with Crippen molar-refractivity contribution in [2.24, 2.45) is 0 Å². The summed E-state index contributed by atoms with van der Waals surface area (Å²) in [5.74, 6) is -1.41. The number of rotatable bonds is 4. The van der Waals surface area contributed by atoms with Crippen molar-refractivity contribution in [2.45, 2.75) is 19.4 Å². The van der Waals surface area contributed by atoms with E-state index in [1.165, 1.54) is 7.11 Å². The molecule has 100 valence electrons. The Kier molecular flexibility index (Phi) is 3.62. The van der Waals surface area contributed by atoms with Crippen LogP contribution in [0.3, 0.4) is 0 Å². The summed E-state index contributed by atoms with van der Waals surface area (Å²) < 4.78 is 0. The molecule has 0 bridgehead atoms. The third-order valence-electron chi connectivity index (χ3n) is 3.03. The third kappa shape index (κ3) is 2.10. The fourth-order valence-electron chi connectivity index (χ4n) is 2.14. The van der Waals surface area contributed by atoms with Gasteiger partial charge in [0.25, 0.3) is 17.7 Å². The molecule has 0 fully saturated rings. The van der Waals surface area contributed by atoms with Crippen molar-refractivity contribution in [1.82, 2.24) is 10.4 Å². The lowest BCUT2D eigenvalue weighted by Gasteiger charge is -2.23. The zero-order valence-corrected chi connectivity index (χ0v) is 10.7. The summed E-state index contributed by atoms with van der Waals surface area (Å²) >= 11 is 0. The first kappa shape index (κ1) is 13.2. The maximum absolute atomic E-state index is 12.2. The number of hydroxylamine groups is 1. The molecule has 3 amide bonds. The van der Waals surface area contributed by atoms with Gasteiger partial charge in [-0.2, -0.15) is 0 Å². The first-order valence-electron chi connectivity index (χ1n) is 5.91. The fraction of sp³-hybridized carbons (Fsp3) is 0.308. The Labute approximate surface area is 110 Å². The Morgan fingerprint density at radius 1 is 1.26 bits per heavy atom. The first-order chi connectivity index (χ1) is 9.11. The monoisotopic (exact) mass is 262 g/mol. The van der Waals surface area contributed by atoms with Crippen molar-refractivity contribution in [1.29, 1.82) is 0 Å². The lowest BCUT2D eigenvalue weighted by atomic mass is 10.1. The molecule has 0 unspecified atom stereocenters. The molecule has 0 saturated carbocycles. The van der Waals surface area contributed by atoms with E-state index in [0.29, 0.717) is 17.5 Å². The van der Waals surface area contributed by atoms with E-state index in [2.05, 4.69) is 10.3 Å². The molecule has 6 nitrogen and oxygen atoms in total. The van der Waals surface area contributed by atoms with E-state index in [1.54, 1.807) is 31.2 Å². The second kappa shape index (κ2) is 5.19. The van der Waals surface area contributed by atoms with E-state index >= 15 is 0 Å². The third-order valence-corrected chi connectivity index (χ3v) is 3.03. The molecule has 1 aromatic carbocycles. The number of hydrogen-bond donors (Lipinski definition) is 1. The summed E-state index contributed by atoms with van der Waals surface area (Å²) in [4.78, 5) is 41.8. The van der Waals surface area contributed by atoms with Gasteiger partial charge < -0.3 is 0 Å². The Bertz CT molecular complexity index is 506. The van der Waals surface area contributed by atoms with Crippen LogP contribution >= 0.6 is 0 Å². The number of benzene rings is 1. The van der Waals surface area contributed by atoms with Gasteiger partial charge in [0.05, 0.1) is 18.2 Å². The van der Waals surface area contributed by atoms with Crippen LogP contribution in [0.25, 0.3) is 0 Å². The standard InChI is InChI=1S/C13H14N2O4/c1-3-10(11(16)14-19-2)15-12(17)8-6-4-5-7-9(8)13(15)18/h4-7,10H,3H2,1-2H3,(H,14,16)/t10-/m0/s1. The number of hydrogen-bond acceptors (Lipinski definition) is 4. The number of nitrogens with one attached hydrogen (secondary N) is 1. The molecule has 0 radical (unpaired) electrons. The second-order valence-corrected chi connectivity index (χ2v) is 4.12. The molecule has 1 N–H and O–H groups in total. The van der Waals surface area contributed by atoms with E-state index in [4.69, 9.17) is 0 Å². The predicted octanol–water partition coefficient (Wildman–Crippen LogP) is 0.739. The quantitative estimate of drug-likeness (QED) is 0.641. The highest BCUT2D eigenvalue weighted by molar-refractivity contribution is 6.22. The van der Waals surface area contributed by atoms with Crippen LogP contribution in [0.4, 0.5) is 0 Å². The smallest absolute Gasteiger partial charge is 0.266 e. The Morgan fingerprint density at radius 2 is 1.79 bits per heavy atom. The summed E-state index contributed by atoms with van der Waals surface area (Å²) in [6, 6.07) is 5.66. The van der Waals surface area contributed by atoms with Crippen LogP contribution < -0.4 is 5.48 Å². The predicted molar refractivity (Wildman–Crippen MR) is 66.2 cm³/mol. The molecule has 2 rings (SSSR count). The summed E-state index contributed by atoms with van der Waals surface area (Å²) in [7, 11) is 1.30. The molecule has 0 aromatic heterocycles. The number of nitrogens with zero attached hydrogens (tertiary/aromatic N) is 1. The van der Waals surface area contributed by atoms with E-state index in [0.717, 1.165) is 4.90 Å². The minimum absolute atomic E-state index is 0.320. The largest absolute Gasteiger partial charge is 0.277 e. The van der Waals surface area contributed by atoms with Crippen molar-refractivity contribution in [3.8, 4) is 0 Å². The Hall–Kier alpha value is -2.21. The van der Waals surface area contributed by atoms with Gasteiger partial charge in [-0.25, -0.2) is 5.48 Å². The van der Waals surface area contributed by atoms with E-state index < -0.39 is 23.8 Å². The second-order valence-electron chi connectivity index (χ2n) is 4.12. The molecule has 0 aliphatic carbocycles. The van der Waals surface area contributed by atoms with Crippen molar-refractivity contribution >= 4 is 17.7 Å². The van der Waals surface area contributed by atoms with Crippen LogP contribution in [0.2, 0.25) is 0 Å². The molecular weight excluding hydrogens is 248 g/mol. The van der Waals surface area contributed by atoms with Gasteiger partial charge in [-0.15, -0.1) is 0 Å². The molecule has 1 aliphatic heterocycles. The number of imide groups is 1. The minimum atomic E-state index is -0.868. The van der Waals surface area contributed by atoms with Crippen LogP contribution in [0.15, 0.2) is 24.3 Å². The average molecular weight is 262 g/mol. The normalized spacial score (nSPS) is 15.4. The molecule has 0 spiro atoms. The van der Waals surface area contributed by atoms with Crippen molar-refractivity contribution in [3.63, 3.8) is 0 Å². The lowest BCUT2D eigenvalue weighted by Crippen LogP contribution is -2.49. The lowest BCUT2D eigenvalue weighted by molar-refractivity contribution is -0.135. The van der Waals surface area contributed by atoms with Crippen molar-refractivity contribution in [2.75, 3.05) is 7.11 Å². The van der Waals surface area contributed by atoms with Gasteiger partial charge in [0.2, 0.25) is 0 Å². The molecule has 6 heteroatoms. The highest BCUT2D eigenvalue weighted by Crippen LogP contribution is 2.25. The number of carbonyl (C=O) groups excluding carboxylic acids is 3. The summed E-state index contributed by atoms with van der Waals surface area (Å²) in [5.41, 5.74) is 2.82. The maximum Gasteiger partial charge on any atom is 0.266 e. The van der Waals surface area contributed by atoms with Gasteiger partial charge >= 0.3 is 0 Å². The van der Waals surface area contributed by atoms with Crippen molar-refractivity contribution < 1.29 is 19.2 Å². The van der Waals surface area contributed by atoms with Gasteiger partial charge in [-0.3, -0.25) is 24.1 Å². The van der Waals surface area contributed by atoms with E-state index in [1.807, 2.05) is 0 Å². The van der Waals surface area contributed by atoms with Crippen LogP contribution in [-0.4, -0.2) is 35.8 Å². The van der Waals surface area contributed by atoms with Gasteiger partial charge in [-0.05, 0) is 18.6 Å². The highest BCUT2D eigenvalue weighted by Gasteiger charge is 2.41. The van der Waals surface area contributed by atoms with Crippen molar-refractivity contribution in [3.05, 3.63) is 35.4 Å². The molecule has 19 heavy (non-hydrogen) atoms. The fourth-order valence-corrected chi connectivity index (χ4v) is 2.14. The van der Waals surface area contributed by atoms with Crippen LogP contribution in [0.1, 0.15) is 34.1 Å².